The molecule has 0 amide bonds. The minimum absolute atomic E-state index is 0.0954. The van der Waals surface area contributed by atoms with Crippen LogP contribution in [0.2, 0.25) is 0 Å². The van der Waals surface area contributed by atoms with Gasteiger partial charge in [0.2, 0.25) is 0 Å². The fourth-order valence-corrected chi connectivity index (χ4v) is 8.86. The topological polar surface area (TPSA) is 88.2 Å². The molecule has 6 heteroatoms. The standard InChI is InChI=1S/C27H37N3O3/c1-26-12-10-19-18-11-13-27(33,16-31)14-17(18)6-7-20(19)21(26)8-9-22(26)25(32)15-30-28-23-4-2-3-5-24(23)29-30/h2-5,17-22,31,33H,6-16H2,1H3. The smallest absolute Gasteiger partial charge is 0.159 e. The van der Waals surface area contributed by atoms with Crippen molar-refractivity contribution in [2.75, 3.05) is 6.61 Å². The summed E-state index contributed by atoms with van der Waals surface area (Å²) in [5.74, 6) is 3.75. The molecule has 0 aliphatic heterocycles. The Kier molecular flexibility index (Phi) is 5.18. The first-order valence-electron chi connectivity index (χ1n) is 13.1. The second kappa shape index (κ2) is 7.88. The number of aliphatic hydroxyl groups is 2. The van der Waals surface area contributed by atoms with Gasteiger partial charge in [0.05, 0.1) is 12.2 Å². The second-order valence-electron chi connectivity index (χ2n) is 11.9. The van der Waals surface area contributed by atoms with E-state index in [0.717, 1.165) is 49.1 Å². The lowest BCUT2D eigenvalue weighted by Gasteiger charge is -2.57. The van der Waals surface area contributed by atoms with Gasteiger partial charge in [0.25, 0.3) is 0 Å². The third-order valence-electron chi connectivity index (χ3n) is 10.4. The molecule has 0 spiro atoms. The predicted molar refractivity (Wildman–Crippen MR) is 125 cm³/mol. The second-order valence-corrected chi connectivity index (χ2v) is 11.9. The van der Waals surface area contributed by atoms with E-state index in [2.05, 4.69) is 17.1 Å². The van der Waals surface area contributed by atoms with Crippen molar-refractivity contribution in [3.05, 3.63) is 24.3 Å². The number of fused-ring (bicyclic) bond motifs is 6. The summed E-state index contributed by atoms with van der Waals surface area (Å²) in [6, 6.07) is 7.80. The number of carbonyl (C=O) groups is 1. The largest absolute Gasteiger partial charge is 0.393 e. The van der Waals surface area contributed by atoms with E-state index in [1.54, 1.807) is 4.80 Å². The molecule has 4 saturated carbocycles. The number of rotatable bonds is 4. The maximum absolute atomic E-state index is 13.5. The molecule has 8 unspecified atom stereocenters. The van der Waals surface area contributed by atoms with Gasteiger partial charge in [-0.05, 0) is 105 Å². The normalized spacial score (nSPS) is 42.5. The van der Waals surface area contributed by atoms with Gasteiger partial charge >= 0.3 is 0 Å². The van der Waals surface area contributed by atoms with Crippen molar-refractivity contribution in [3.63, 3.8) is 0 Å². The summed E-state index contributed by atoms with van der Waals surface area (Å²) in [5.41, 5.74) is 0.934. The number of hydrogen-bond donors (Lipinski definition) is 2. The van der Waals surface area contributed by atoms with E-state index in [9.17, 15) is 15.0 Å². The molecule has 1 aromatic carbocycles. The fraction of sp³-hybridized carbons (Fsp3) is 0.741. The number of nitrogens with zero attached hydrogens (tertiary/aromatic N) is 3. The Hall–Kier alpha value is -1.79. The van der Waals surface area contributed by atoms with Gasteiger partial charge in [0.1, 0.15) is 17.6 Å². The molecule has 2 N–H and O–H groups in total. The van der Waals surface area contributed by atoms with Crippen LogP contribution in [0.1, 0.15) is 64.7 Å². The summed E-state index contributed by atoms with van der Waals surface area (Å²) in [6.07, 6.45) is 9.47. The van der Waals surface area contributed by atoms with Gasteiger partial charge in [-0.15, -0.1) is 0 Å². The van der Waals surface area contributed by atoms with Gasteiger partial charge in [-0.1, -0.05) is 19.1 Å². The number of Topliss-reactive ketones (excluding diaryl/α,β-unsaturated/α-hetero) is 1. The highest BCUT2D eigenvalue weighted by atomic mass is 16.3. The third kappa shape index (κ3) is 3.47. The minimum atomic E-state index is -0.854. The van der Waals surface area contributed by atoms with Gasteiger partial charge in [0.15, 0.2) is 5.78 Å². The fourth-order valence-electron chi connectivity index (χ4n) is 8.86. The zero-order chi connectivity index (χ0) is 22.8. The van der Waals surface area contributed by atoms with Crippen LogP contribution in [0, 0.1) is 40.9 Å². The molecule has 2 aromatic rings. The number of aliphatic hydroxyl groups excluding tert-OH is 1. The predicted octanol–water partition coefficient (Wildman–Crippen LogP) is 3.99. The quantitative estimate of drug-likeness (QED) is 0.734. The van der Waals surface area contributed by atoms with E-state index in [1.807, 2.05) is 24.3 Å². The van der Waals surface area contributed by atoms with Gasteiger partial charge in [0, 0.05) is 5.92 Å². The van der Waals surface area contributed by atoms with Crippen molar-refractivity contribution in [1.29, 1.82) is 0 Å². The monoisotopic (exact) mass is 451 g/mol. The van der Waals surface area contributed by atoms with Crippen LogP contribution in [-0.2, 0) is 11.3 Å². The van der Waals surface area contributed by atoms with E-state index in [1.165, 1.54) is 25.7 Å². The first-order valence-corrected chi connectivity index (χ1v) is 13.1. The summed E-state index contributed by atoms with van der Waals surface area (Å²) in [5, 5.41) is 29.4. The number of aromatic nitrogens is 3. The average Bonchev–Trinajstić information content (AvgIpc) is 3.38. The Morgan fingerprint density at radius 1 is 1.00 bits per heavy atom. The Balaban J connectivity index is 1.17. The van der Waals surface area contributed by atoms with Gasteiger partial charge in [-0.3, -0.25) is 4.79 Å². The van der Waals surface area contributed by atoms with Gasteiger partial charge in [-0.25, -0.2) is 0 Å². The Bertz CT molecular complexity index is 1020. The maximum atomic E-state index is 13.5. The van der Waals surface area contributed by atoms with Crippen LogP contribution in [0.4, 0.5) is 0 Å². The van der Waals surface area contributed by atoms with Crippen LogP contribution in [0.25, 0.3) is 11.0 Å². The molecule has 4 aliphatic rings. The number of benzene rings is 1. The molecule has 6 nitrogen and oxygen atoms in total. The summed E-state index contributed by atoms with van der Waals surface area (Å²) in [4.78, 5) is 15.1. The molecule has 4 aliphatic carbocycles. The van der Waals surface area contributed by atoms with Crippen molar-refractivity contribution in [2.45, 2.75) is 76.9 Å². The highest BCUT2D eigenvalue weighted by Gasteiger charge is 2.59. The van der Waals surface area contributed by atoms with E-state index in [4.69, 9.17) is 0 Å². The number of hydrogen-bond acceptors (Lipinski definition) is 5. The van der Waals surface area contributed by atoms with Gasteiger partial charge in [-0.2, -0.15) is 15.0 Å². The summed E-state index contributed by atoms with van der Waals surface area (Å²) in [6.45, 7) is 2.57. The Morgan fingerprint density at radius 2 is 1.73 bits per heavy atom. The van der Waals surface area contributed by atoms with E-state index < -0.39 is 5.60 Å². The lowest BCUT2D eigenvalue weighted by atomic mass is 9.49. The molecule has 4 fully saturated rings. The summed E-state index contributed by atoms with van der Waals surface area (Å²) in [7, 11) is 0. The number of ketones is 1. The Labute approximate surface area is 195 Å². The van der Waals surface area contributed by atoms with Crippen LogP contribution in [0.15, 0.2) is 24.3 Å². The molecule has 8 atom stereocenters. The number of carbonyl (C=O) groups excluding carboxylic acids is 1. The van der Waals surface area contributed by atoms with E-state index >= 15 is 0 Å². The van der Waals surface area contributed by atoms with Crippen LogP contribution < -0.4 is 0 Å². The van der Waals surface area contributed by atoms with Crippen molar-refractivity contribution in [2.24, 2.45) is 40.9 Å². The highest BCUT2D eigenvalue weighted by molar-refractivity contribution is 5.82. The zero-order valence-corrected chi connectivity index (χ0v) is 19.7. The van der Waals surface area contributed by atoms with Crippen LogP contribution >= 0.6 is 0 Å². The first-order chi connectivity index (χ1) is 15.9. The lowest BCUT2D eigenvalue weighted by Crippen LogP contribution is -2.52. The molecule has 0 radical (unpaired) electrons. The molecule has 6 rings (SSSR count). The van der Waals surface area contributed by atoms with Crippen molar-refractivity contribution >= 4 is 16.8 Å². The van der Waals surface area contributed by atoms with Crippen molar-refractivity contribution < 1.29 is 15.0 Å². The van der Waals surface area contributed by atoms with Crippen LogP contribution in [0.5, 0.6) is 0 Å². The molecule has 1 heterocycles. The van der Waals surface area contributed by atoms with Crippen LogP contribution in [-0.4, -0.2) is 43.2 Å². The van der Waals surface area contributed by atoms with Crippen molar-refractivity contribution in [3.8, 4) is 0 Å². The summed E-state index contributed by atoms with van der Waals surface area (Å²) >= 11 is 0. The van der Waals surface area contributed by atoms with E-state index in [0.29, 0.717) is 29.5 Å². The summed E-state index contributed by atoms with van der Waals surface area (Å²) < 4.78 is 0. The molecule has 0 saturated heterocycles. The van der Waals surface area contributed by atoms with Gasteiger partial charge < -0.3 is 10.2 Å². The van der Waals surface area contributed by atoms with E-state index in [-0.39, 0.29) is 24.5 Å². The third-order valence-corrected chi connectivity index (χ3v) is 10.4. The first kappa shape index (κ1) is 21.7. The molecular weight excluding hydrogens is 414 g/mol. The molecule has 1 aromatic heterocycles. The highest BCUT2D eigenvalue weighted by Crippen LogP contribution is 2.64. The maximum Gasteiger partial charge on any atom is 0.159 e. The molecule has 0 bridgehead atoms. The van der Waals surface area contributed by atoms with Crippen LogP contribution in [0.3, 0.4) is 0 Å². The Morgan fingerprint density at radius 3 is 2.45 bits per heavy atom. The molecular formula is C27H37N3O3. The van der Waals surface area contributed by atoms with Crippen molar-refractivity contribution in [1.82, 2.24) is 15.0 Å². The molecule has 178 valence electrons. The lowest BCUT2D eigenvalue weighted by molar-refractivity contribution is -0.135. The SMILES string of the molecule is CC12CCC3C4CCC(O)(CO)CC4CCC3C1CCC2C(=O)Cn1nc2ccccc2n1. The zero-order valence-electron chi connectivity index (χ0n) is 19.7. The minimum Gasteiger partial charge on any atom is -0.393 e. The molecule has 33 heavy (non-hydrogen) atoms. The average molecular weight is 452 g/mol.